The Hall–Kier alpha value is -2.77. The number of hydrogen-bond donors (Lipinski definition) is 1. The molecule has 2 heterocycles. The predicted molar refractivity (Wildman–Crippen MR) is 86.9 cm³/mol. The lowest BCUT2D eigenvalue weighted by Gasteiger charge is -2.35. The first-order valence-corrected chi connectivity index (χ1v) is 8.23. The fourth-order valence-corrected chi connectivity index (χ4v) is 3.18. The van der Waals surface area contributed by atoms with Crippen LogP contribution in [0, 0.1) is 5.82 Å². The first-order chi connectivity index (χ1) is 12.1. The molecule has 0 bridgehead atoms. The van der Waals surface area contributed by atoms with Gasteiger partial charge in [0, 0.05) is 24.6 Å². The topological polar surface area (TPSA) is 88.3 Å². The summed E-state index contributed by atoms with van der Waals surface area (Å²) in [6.45, 7) is 0.565. The quantitative estimate of drug-likeness (QED) is 0.897. The van der Waals surface area contributed by atoms with Gasteiger partial charge in [-0.3, -0.25) is 9.59 Å². The average molecular weight is 346 g/mol. The number of carbonyl (C=O) groups is 2. The number of halogens is 1. The predicted octanol–water partition coefficient (Wildman–Crippen LogP) is 2.27. The molecule has 1 fully saturated rings. The molecule has 1 amide bonds. The van der Waals surface area contributed by atoms with E-state index in [-0.39, 0.29) is 29.6 Å². The zero-order valence-corrected chi connectivity index (χ0v) is 13.6. The third-order valence-corrected chi connectivity index (χ3v) is 4.44. The van der Waals surface area contributed by atoms with Crippen LogP contribution in [0.5, 0.6) is 0 Å². The molecule has 1 aliphatic rings. The summed E-state index contributed by atoms with van der Waals surface area (Å²) in [7, 11) is 0. The van der Waals surface area contributed by atoms with E-state index in [1.807, 2.05) is 0 Å². The number of aliphatic carboxylic acids is 1. The van der Waals surface area contributed by atoms with Crippen LogP contribution in [0.4, 0.5) is 4.39 Å². The van der Waals surface area contributed by atoms with Gasteiger partial charge >= 0.3 is 5.97 Å². The van der Waals surface area contributed by atoms with Gasteiger partial charge in [0.15, 0.2) is 0 Å². The fraction of sp³-hybridized carbons (Fsp3) is 0.412. The van der Waals surface area contributed by atoms with Crippen molar-refractivity contribution in [3.63, 3.8) is 0 Å². The third kappa shape index (κ3) is 3.84. The molecule has 132 valence electrons. The Morgan fingerprint density at radius 2 is 2.16 bits per heavy atom. The van der Waals surface area contributed by atoms with Crippen molar-refractivity contribution >= 4 is 11.9 Å². The fourth-order valence-electron chi connectivity index (χ4n) is 3.18. The summed E-state index contributed by atoms with van der Waals surface area (Å²) >= 11 is 0. The largest absolute Gasteiger partial charge is 0.481 e. The van der Waals surface area contributed by atoms with E-state index in [2.05, 4.69) is 10.1 Å². The molecule has 1 N–H and O–H groups in total. The van der Waals surface area contributed by atoms with Gasteiger partial charge in [0.1, 0.15) is 24.2 Å². The summed E-state index contributed by atoms with van der Waals surface area (Å²) < 4.78 is 15.6. The number of hydrogen-bond acceptors (Lipinski definition) is 4. The van der Waals surface area contributed by atoms with Crippen molar-refractivity contribution in [1.82, 2.24) is 19.7 Å². The number of piperidine rings is 1. The third-order valence-electron chi connectivity index (χ3n) is 4.44. The van der Waals surface area contributed by atoms with E-state index in [4.69, 9.17) is 5.11 Å². The van der Waals surface area contributed by atoms with Gasteiger partial charge in [-0.15, -0.1) is 0 Å². The standard InChI is InChI=1S/C17H19FN4O3/c18-14-9-12(4-6-15(14)22-11-19-10-20-22)17(25)21-8-2-1-3-13(21)5-7-16(23)24/h4,6,9-11,13H,1-3,5,7-8H2,(H,23,24)/t13-/m0/s1. The van der Waals surface area contributed by atoms with Gasteiger partial charge in [-0.1, -0.05) is 0 Å². The van der Waals surface area contributed by atoms with Crippen LogP contribution in [0.2, 0.25) is 0 Å². The summed E-state index contributed by atoms with van der Waals surface area (Å²) in [6.07, 6.45) is 5.74. The first kappa shape index (κ1) is 17.1. The lowest BCUT2D eigenvalue weighted by Crippen LogP contribution is -2.44. The monoisotopic (exact) mass is 346 g/mol. The average Bonchev–Trinajstić information content (AvgIpc) is 3.13. The number of likely N-dealkylation sites (tertiary alicyclic amines) is 1. The normalized spacial score (nSPS) is 17.5. The molecule has 1 aromatic carbocycles. The minimum absolute atomic E-state index is 0.0219. The molecule has 0 spiro atoms. The Kier molecular flexibility index (Phi) is 5.06. The number of carbonyl (C=O) groups excluding carboxylic acids is 1. The first-order valence-electron chi connectivity index (χ1n) is 8.23. The highest BCUT2D eigenvalue weighted by Gasteiger charge is 2.28. The Morgan fingerprint density at radius 1 is 1.32 bits per heavy atom. The zero-order valence-electron chi connectivity index (χ0n) is 13.6. The van der Waals surface area contributed by atoms with E-state index in [1.165, 1.54) is 29.5 Å². The van der Waals surface area contributed by atoms with Gasteiger partial charge in [-0.25, -0.2) is 14.1 Å². The summed E-state index contributed by atoms with van der Waals surface area (Å²) in [4.78, 5) is 29.1. The molecule has 0 unspecified atom stereocenters. The van der Waals surface area contributed by atoms with Crippen molar-refractivity contribution in [1.29, 1.82) is 0 Å². The SMILES string of the molecule is O=C(O)CC[C@@H]1CCCCN1C(=O)c1ccc(-n2cncn2)c(F)c1. The minimum Gasteiger partial charge on any atom is -0.481 e. The summed E-state index contributed by atoms with van der Waals surface area (Å²) in [5.41, 5.74) is 0.471. The summed E-state index contributed by atoms with van der Waals surface area (Å²) in [6, 6.07) is 4.14. The molecule has 0 aliphatic carbocycles. The van der Waals surface area contributed by atoms with Gasteiger partial charge < -0.3 is 10.0 Å². The van der Waals surface area contributed by atoms with Crippen LogP contribution in [0.1, 0.15) is 42.5 Å². The number of aromatic nitrogens is 3. The summed E-state index contributed by atoms with van der Waals surface area (Å²) in [5, 5.41) is 12.8. The highest BCUT2D eigenvalue weighted by atomic mass is 19.1. The number of amides is 1. The molecule has 2 aromatic rings. The number of benzene rings is 1. The zero-order chi connectivity index (χ0) is 17.8. The maximum atomic E-state index is 14.4. The highest BCUT2D eigenvalue weighted by Crippen LogP contribution is 2.24. The van der Waals surface area contributed by atoms with Gasteiger partial charge in [0.05, 0.1) is 0 Å². The van der Waals surface area contributed by atoms with Gasteiger partial charge in [-0.2, -0.15) is 5.10 Å². The van der Waals surface area contributed by atoms with Crippen LogP contribution in [0.25, 0.3) is 5.69 Å². The smallest absolute Gasteiger partial charge is 0.303 e. The maximum Gasteiger partial charge on any atom is 0.303 e. The number of carboxylic acids is 1. The molecule has 1 aromatic heterocycles. The van der Waals surface area contributed by atoms with Crippen molar-refractivity contribution in [3.8, 4) is 5.69 Å². The molecule has 1 atom stereocenters. The van der Waals surface area contributed by atoms with Gasteiger partial charge in [-0.05, 0) is 43.9 Å². The number of nitrogens with zero attached hydrogens (tertiary/aromatic N) is 4. The number of rotatable bonds is 5. The molecule has 8 heteroatoms. The van der Waals surface area contributed by atoms with E-state index >= 15 is 0 Å². The molecule has 3 rings (SSSR count). The van der Waals surface area contributed by atoms with Crippen LogP contribution >= 0.6 is 0 Å². The second-order valence-electron chi connectivity index (χ2n) is 6.09. The van der Waals surface area contributed by atoms with Crippen molar-refractivity contribution in [3.05, 3.63) is 42.2 Å². The van der Waals surface area contributed by atoms with E-state index in [1.54, 1.807) is 11.0 Å². The second kappa shape index (κ2) is 7.42. The maximum absolute atomic E-state index is 14.4. The van der Waals surface area contributed by atoms with Crippen molar-refractivity contribution in [2.24, 2.45) is 0 Å². The molecule has 25 heavy (non-hydrogen) atoms. The van der Waals surface area contributed by atoms with Crippen LogP contribution in [-0.4, -0.2) is 49.2 Å². The second-order valence-corrected chi connectivity index (χ2v) is 6.09. The molecule has 7 nitrogen and oxygen atoms in total. The minimum atomic E-state index is -0.874. The van der Waals surface area contributed by atoms with Crippen molar-refractivity contribution in [2.45, 2.75) is 38.1 Å². The van der Waals surface area contributed by atoms with Crippen molar-refractivity contribution in [2.75, 3.05) is 6.54 Å². The molecular formula is C17H19FN4O3. The Bertz CT molecular complexity index is 763. The van der Waals surface area contributed by atoms with E-state index in [0.717, 1.165) is 19.3 Å². The van der Waals surface area contributed by atoms with Crippen LogP contribution in [0.15, 0.2) is 30.9 Å². The Morgan fingerprint density at radius 3 is 2.84 bits per heavy atom. The van der Waals surface area contributed by atoms with Crippen LogP contribution in [0.3, 0.4) is 0 Å². The lowest BCUT2D eigenvalue weighted by molar-refractivity contribution is -0.137. The molecular weight excluding hydrogens is 327 g/mol. The van der Waals surface area contributed by atoms with Crippen molar-refractivity contribution < 1.29 is 19.1 Å². The number of carboxylic acid groups (broad SMARTS) is 1. The molecule has 0 radical (unpaired) electrons. The van der Waals surface area contributed by atoms with E-state index < -0.39 is 11.8 Å². The lowest BCUT2D eigenvalue weighted by atomic mass is 9.97. The van der Waals surface area contributed by atoms with E-state index in [9.17, 15) is 14.0 Å². The van der Waals surface area contributed by atoms with Gasteiger partial charge in [0.2, 0.25) is 0 Å². The summed E-state index contributed by atoms with van der Waals surface area (Å²) in [5.74, 6) is -1.70. The van der Waals surface area contributed by atoms with Crippen LogP contribution in [-0.2, 0) is 4.79 Å². The van der Waals surface area contributed by atoms with Crippen LogP contribution < -0.4 is 0 Å². The highest BCUT2D eigenvalue weighted by molar-refractivity contribution is 5.94. The Balaban J connectivity index is 1.79. The molecule has 0 saturated carbocycles. The molecule has 1 saturated heterocycles. The molecule has 1 aliphatic heterocycles. The Labute approximate surface area is 144 Å². The van der Waals surface area contributed by atoms with Gasteiger partial charge in [0.25, 0.3) is 5.91 Å². The van der Waals surface area contributed by atoms with E-state index in [0.29, 0.717) is 13.0 Å².